The third-order valence-electron chi connectivity index (χ3n) is 6.63. The van der Waals surface area contributed by atoms with Crippen LogP contribution in [0.3, 0.4) is 0 Å². The van der Waals surface area contributed by atoms with E-state index in [1.54, 1.807) is 59.3 Å². The zero-order valence-corrected chi connectivity index (χ0v) is 18.2. The molecule has 3 aromatic rings. The highest BCUT2D eigenvalue weighted by molar-refractivity contribution is 5.81. The average Bonchev–Trinajstić information content (AvgIpc) is 3.10. The normalized spacial score (nSPS) is 23.1. The lowest BCUT2D eigenvalue weighted by Gasteiger charge is -2.44. The van der Waals surface area contributed by atoms with E-state index in [0.717, 1.165) is 13.0 Å². The summed E-state index contributed by atoms with van der Waals surface area (Å²) in [7, 11) is 1.58. The Hall–Kier alpha value is -3.37. The number of hydrogen-bond donors (Lipinski definition) is 0. The van der Waals surface area contributed by atoms with Crippen LogP contribution < -0.4 is 9.80 Å². The summed E-state index contributed by atoms with van der Waals surface area (Å²) in [6.07, 6.45) is 0.533. The number of nitrogens with zero attached hydrogens (tertiary/aromatic N) is 3. The van der Waals surface area contributed by atoms with Crippen LogP contribution in [0, 0.1) is 6.92 Å². The molecule has 0 spiro atoms. The number of para-hydroxylation sites is 1. The van der Waals surface area contributed by atoms with E-state index in [0.29, 0.717) is 23.3 Å². The zero-order valence-electron chi connectivity index (χ0n) is 18.2. The monoisotopic (exact) mass is 499 g/mol. The highest BCUT2D eigenvalue weighted by Crippen LogP contribution is 2.65. The molecule has 0 radical (unpaired) electrons. The van der Waals surface area contributed by atoms with Crippen molar-refractivity contribution < 1.29 is 35.1 Å². The first-order chi connectivity index (χ1) is 16.3. The lowest BCUT2D eigenvalue weighted by molar-refractivity contribution is -0.386. The van der Waals surface area contributed by atoms with Gasteiger partial charge in [0.1, 0.15) is 6.17 Å². The highest BCUT2D eigenvalue weighted by Gasteiger charge is 2.85. The third kappa shape index (κ3) is 2.75. The summed E-state index contributed by atoms with van der Waals surface area (Å²) in [6.45, 7) is 0.963. The van der Waals surface area contributed by atoms with Gasteiger partial charge in [0.2, 0.25) is 0 Å². The van der Waals surface area contributed by atoms with Gasteiger partial charge in [0, 0.05) is 30.1 Å². The van der Waals surface area contributed by atoms with Gasteiger partial charge in [-0.1, -0.05) is 30.3 Å². The predicted octanol–water partition coefficient (Wildman–Crippen LogP) is 7.14. The molecule has 0 saturated carbocycles. The van der Waals surface area contributed by atoms with E-state index in [2.05, 4.69) is 4.98 Å². The molecule has 1 aliphatic carbocycles. The Balaban J connectivity index is 1.77. The van der Waals surface area contributed by atoms with E-state index in [9.17, 15) is 35.1 Å². The standard InChI is InChI=1S/C24H17F8N3/c1-13-15(10-11-16-18(13)22(27,28)24(31,32)23(29,30)21(16,25)26)20-34(2)19-17(9-6-12-33-19)35(20)14-7-4-3-5-8-14/h3-12,20H,1-2H3. The number of fused-ring (bicyclic) bond motifs is 2. The number of aromatic nitrogens is 1. The minimum atomic E-state index is -6.31. The fourth-order valence-electron chi connectivity index (χ4n) is 4.88. The van der Waals surface area contributed by atoms with Gasteiger partial charge in [0.15, 0.2) is 5.82 Å². The van der Waals surface area contributed by atoms with Gasteiger partial charge in [-0.2, -0.15) is 35.1 Å². The summed E-state index contributed by atoms with van der Waals surface area (Å²) in [5.41, 5.74) is -3.14. The van der Waals surface area contributed by atoms with Crippen LogP contribution in [-0.4, -0.2) is 23.9 Å². The fourth-order valence-corrected chi connectivity index (χ4v) is 4.88. The molecule has 2 aromatic carbocycles. The topological polar surface area (TPSA) is 19.4 Å². The summed E-state index contributed by atoms with van der Waals surface area (Å²) in [4.78, 5) is 7.56. The Kier molecular flexibility index (Phi) is 4.73. The molecular formula is C24H17F8N3. The average molecular weight is 499 g/mol. The predicted molar refractivity (Wildman–Crippen MR) is 113 cm³/mol. The van der Waals surface area contributed by atoms with Crippen molar-refractivity contribution in [2.45, 2.75) is 36.8 Å². The Morgan fingerprint density at radius 1 is 0.771 bits per heavy atom. The van der Waals surface area contributed by atoms with Crippen LogP contribution in [0.15, 0.2) is 60.8 Å². The highest BCUT2D eigenvalue weighted by atomic mass is 19.4. The first kappa shape index (κ1) is 23.4. The van der Waals surface area contributed by atoms with Crippen LogP contribution in [0.1, 0.15) is 28.4 Å². The molecule has 1 unspecified atom stereocenters. The van der Waals surface area contributed by atoms with E-state index in [4.69, 9.17) is 0 Å². The Labute approximate surface area is 194 Å². The molecular weight excluding hydrogens is 482 g/mol. The summed E-state index contributed by atoms with van der Waals surface area (Å²) in [5.74, 6) is -23.2. The lowest BCUT2D eigenvalue weighted by Crippen LogP contribution is -2.64. The number of hydrogen-bond acceptors (Lipinski definition) is 3. The minimum absolute atomic E-state index is 0.0374. The number of pyridine rings is 1. The third-order valence-corrected chi connectivity index (χ3v) is 6.63. The zero-order chi connectivity index (χ0) is 25.6. The second-order valence-corrected chi connectivity index (χ2v) is 8.54. The molecule has 1 aliphatic heterocycles. The Morgan fingerprint density at radius 3 is 2.06 bits per heavy atom. The van der Waals surface area contributed by atoms with Crippen LogP contribution in [0.25, 0.3) is 0 Å². The van der Waals surface area contributed by atoms with Gasteiger partial charge in [-0.15, -0.1) is 0 Å². The first-order valence-electron chi connectivity index (χ1n) is 10.4. The molecule has 0 amide bonds. The molecule has 5 rings (SSSR count). The molecule has 0 saturated heterocycles. The smallest absolute Gasteiger partial charge is 0.333 e. The molecule has 0 N–H and O–H groups in total. The van der Waals surface area contributed by atoms with Gasteiger partial charge in [-0.3, -0.25) is 0 Å². The molecule has 2 heterocycles. The van der Waals surface area contributed by atoms with Crippen LogP contribution in [0.2, 0.25) is 0 Å². The quantitative estimate of drug-likeness (QED) is 0.350. The maximum absolute atomic E-state index is 14.9. The van der Waals surface area contributed by atoms with Gasteiger partial charge in [0.25, 0.3) is 0 Å². The van der Waals surface area contributed by atoms with Crippen molar-refractivity contribution in [3.63, 3.8) is 0 Å². The summed E-state index contributed by atoms with van der Waals surface area (Å²) in [6, 6.07) is 13.4. The van der Waals surface area contributed by atoms with Crippen LogP contribution in [-0.2, 0) is 11.8 Å². The minimum Gasteiger partial charge on any atom is -0.333 e. The fraction of sp³-hybridized carbons (Fsp3) is 0.292. The number of rotatable bonds is 2. The summed E-state index contributed by atoms with van der Waals surface area (Å²) in [5, 5.41) is 0. The molecule has 35 heavy (non-hydrogen) atoms. The molecule has 0 fully saturated rings. The van der Waals surface area contributed by atoms with Gasteiger partial charge in [-0.05, 0) is 42.3 Å². The Bertz CT molecular complexity index is 1310. The number of alkyl halides is 8. The van der Waals surface area contributed by atoms with E-state index in [-0.39, 0.29) is 5.56 Å². The molecule has 1 atom stereocenters. The number of benzene rings is 2. The second kappa shape index (κ2) is 7.08. The van der Waals surface area contributed by atoms with Crippen molar-refractivity contribution in [2.75, 3.05) is 16.8 Å². The molecule has 1 aromatic heterocycles. The van der Waals surface area contributed by atoms with Gasteiger partial charge in [-0.25, -0.2) is 4.98 Å². The number of halogens is 8. The summed E-state index contributed by atoms with van der Waals surface area (Å²) < 4.78 is 115. The molecule has 0 bridgehead atoms. The molecule has 3 nitrogen and oxygen atoms in total. The van der Waals surface area contributed by atoms with E-state index in [1.165, 1.54) is 6.20 Å². The van der Waals surface area contributed by atoms with Crippen LogP contribution in [0.4, 0.5) is 52.3 Å². The van der Waals surface area contributed by atoms with E-state index < -0.39 is 46.5 Å². The van der Waals surface area contributed by atoms with Crippen LogP contribution >= 0.6 is 0 Å². The van der Waals surface area contributed by atoms with Crippen molar-refractivity contribution in [3.05, 3.63) is 83.0 Å². The van der Waals surface area contributed by atoms with Crippen molar-refractivity contribution >= 4 is 17.2 Å². The molecule has 184 valence electrons. The van der Waals surface area contributed by atoms with Crippen molar-refractivity contribution in [1.82, 2.24) is 4.98 Å². The van der Waals surface area contributed by atoms with Gasteiger partial charge >= 0.3 is 23.7 Å². The van der Waals surface area contributed by atoms with Crippen molar-refractivity contribution in [2.24, 2.45) is 0 Å². The first-order valence-corrected chi connectivity index (χ1v) is 10.4. The summed E-state index contributed by atoms with van der Waals surface area (Å²) >= 11 is 0. The van der Waals surface area contributed by atoms with E-state index in [1.807, 2.05) is 0 Å². The second-order valence-electron chi connectivity index (χ2n) is 8.54. The van der Waals surface area contributed by atoms with Crippen molar-refractivity contribution in [3.8, 4) is 0 Å². The van der Waals surface area contributed by atoms with E-state index >= 15 is 0 Å². The maximum Gasteiger partial charge on any atom is 0.382 e. The van der Waals surface area contributed by atoms with Crippen molar-refractivity contribution in [1.29, 1.82) is 0 Å². The molecule has 11 heteroatoms. The number of anilines is 3. The van der Waals surface area contributed by atoms with Gasteiger partial charge < -0.3 is 9.80 Å². The Morgan fingerprint density at radius 2 is 1.40 bits per heavy atom. The SMILES string of the molecule is Cc1c(C2N(C)c3ncccc3N2c2ccccc2)ccc2c1C(F)(F)C(F)(F)C(F)(F)C2(F)F. The lowest BCUT2D eigenvalue weighted by atomic mass is 9.76. The van der Waals surface area contributed by atoms with Crippen LogP contribution in [0.5, 0.6) is 0 Å². The molecule has 2 aliphatic rings. The largest absolute Gasteiger partial charge is 0.382 e. The van der Waals surface area contributed by atoms with Gasteiger partial charge in [0.05, 0.1) is 5.69 Å². The maximum atomic E-state index is 14.9.